The number of H-pyrrole nitrogens is 1. The number of nitrogen functional groups attached to an aromatic ring is 1. The number of aromatic nitrogens is 5. The first-order valence-electron chi connectivity index (χ1n) is 6.48. The second-order valence-corrected chi connectivity index (χ2v) is 5.75. The molecule has 22 heavy (non-hydrogen) atoms. The van der Waals surface area contributed by atoms with Crippen molar-refractivity contribution in [2.24, 2.45) is 0 Å². The van der Waals surface area contributed by atoms with Gasteiger partial charge < -0.3 is 14.9 Å². The van der Waals surface area contributed by atoms with Gasteiger partial charge in [-0.25, -0.2) is 5.10 Å². The maximum Gasteiger partial charge on any atom is 0.247 e. The van der Waals surface area contributed by atoms with E-state index in [2.05, 4.69) is 25.4 Å². The number of methoxy groups -OCH3 is 1. The number of benzene rings is 1. The lowest BCUT2D eigenvalue weighted by Crippen LogP contribution is -1.90. The van der Waals surface area contributed by atoms with Crippen LogP contribution in [0.1, 0.15) is 18.1 Å². The van der Waals surface area contributed by atoms with Crippen molar-refractivity contribution < 1.29 is 9.15 Å². The molecule has 0 fully saturated rings. The van der Waals surface area contributed by atoms with Crippen molar-refractivity contribution in [3.8, 4) is 17.2 Å². The Bertz CT molecular complexity index is 754. The zero-order chi connectivity index (χ0) is 15.5. The quantitative estimate of drug-likeness (QED) is 0.688. The topological polar surface area (TPSA) is 116 Å². The summed E-state index contributed by atoms with van der Waals surface area (Å²) in [5, 5.41) is 15.1. The molecule has 3 rings (SSSR count). The summed E-state index contributed by atoms with van der Waals surface area (Å²) in [4.78, 5) is 4.03. The summed E-state index contributed by atoms with van der Waals surface area (Å²) in [6.07, 6.45) is 0. The fraction of sp³-hybridized carbons (Fsp3) is 0.231. The average Bonchev–Trinajstić information content (AvgIpc) is 3.17. The molecule has 0 aliphatic carbocycles. The van der Waals surface area contributed by atoms with Gasteiger partial charge in [0.2, 0.25) is 22.9 Å². The molecule has 0 amide bonds. The van der Waals surface area contributed by atoms with Gasteiger partial charge in [0, 0.05) is 5.56 Å². The Kier molecular flexibility index (Phi) is 3.96. The van der Waals surface area contributed by atoms with E-state index in [1.165, 1.54) is 11.8 Å². The number of thioether (sulfide) groups is 1. The lowest BCUT2D eigenvalue weighted by Gasteiger charge is -2.02. The highest BCUT2D eigenvalue weighted by Gasteiger charge is 2.18. The predicted octanol–water partition coefficient (Wildman–Crippen LogP) is 2.30. The molecule has 9 heteroatoms. The Morgan fingerprint density at radius 1 is 1.27 bits per heavy atom. The molecule has 0 unspecified atom stereocenters. The second-order valence-electron chi connectivity index (χ2n) is 4.44. The third-order valence-electron chi connectivity index (χ3n) is 2.89. The fourth-order valence-electron chi connectivity index (χ4n) is 1.77. The Morgan fingerprint density at radius 3 is 2.68 bits per heavy atom. The normalized spacial score (nSPS) is 12.3. The molecule has 3 N–H and O–H groups in total. The summed E-state index contributed by atoms with van der Waals surface area (Å²) in [7, 11) is 1.62. The molecule has 114 valence electrons. The van der Waals surface area contributed by atoms with Crippen molar-refractivity contribution in [1.29, 1.82) is 0 Å². The summed E-state index contributed by atoms with van der Waals surface area (Å²) in [6, 6.07) is 7.41. The first-order valence-corrected chi connectivity index (χ1v) is 7.36. The maximum atomic E-state index is 5.70. The number of nitrogens with two attached hydrogens (primary N) is 1. The average molecular weight is 318 g/mol. The highest BCUT2D eigenvalue weighted by molar-refractivity contribution is 7.99. The van der Waals surface area contributed by atoms with Gasteiger partial charge in [-0.1, -0.05) is 11.8 Å². The van der Waals surface area contributed by atoms with E-state index in [1.54, 1.807) is 7.11 Å². The third-order valence-corrected chi connectivity index (χ3v) is 3.84. The number of ether oxygens (including phenoxy) is 1. The number of rotatable bonds is 5. The molecular weight excluding hydrogens is 304 g/mol. The van der Waals surface area contributed by atoms with Crippen molar-refractivity contribution in [3.63, 3.8) is 0 Å². The van der Waals surface area contributed by atoms with E-state index < -0.39 is 0 Å². The van der Waals surface area contributed by atoms with Crippen molar-refractivity contribution in [2.45, 2.75) is 17.3 Å². The van der Waals surface area contributed by atoms with Gasteiger partial charge in [0.25, 0.3) is 0 Å². The molecule has 0 saturated heterocycles. The minimum Gasteiger partial charge on any atom is -0.497 e. The number of hydrogen-bond acceptors (Lipinski definition) is 8. The molecule has 0 spiro atoms. The molecule has 0 saturated carbocycles. The predicted molar refractivity (Wildman–Crippen MR) is 81.4 cm³/mol. The summed E-state index contributed by atoms with van der Waals surface area (Å²) < 4.78 is 10.8. The summed E-state index contributed by atoms with van der Waals surface area (Å²) >= 11 is 1.38. The number of nitrogens with zero attached hydrogens (tertiary/aromatic N) is 4. The molecule has 0 bridgehead atoms. The van der Waals surface area contributed by atoms with Crippen LogP contribution in [0.25, 0.3) is 11.5 Å². The highest BCUT2D eigenvalue weighted by Crippen LogP contribution is 2.33. The zero-order valence-electron chi connectivity index (χ0n) is 12.0. The van der Waals surface area contributed by atoms with Crippen LogP contribution in [0.2, 0.25) is 0 Å². The molecule has 0 aliphatic heterocycles. The maximum absolute atomic E-state index is 5.70. The van der Waals surface area contributed by atoms with E-state index in [9.17, 15) is 0 Å². The summed E-state index contributed by atoms with van der Waals surface area (Å²) in [5.41, 5.74) is 6.32. The Hall–Kier alpha value is -2.55. The van der Waals surface area contributed by atoms with Gasteiger partial charge in [0.1, 0.15) is 5.75 Å². The van der Waals surface area contributed by atoms with Crippen LogP contribution in [0, 0.1) is 0 Å². The van der Waals surface area contributed by atoms with Crippen LogP contribution in [0.3, 0.4) is 0 Å². The number of hydrogen-bond donors (Lipinski definition) is 2. The van der Waals surface area contributed by atoms with Gasteiger partial charge in [0.15, 0.2) is 0 Å². The summed E-state index contributed by atoms with van der Waals surface area (Å²) in [6.45, 7) is 1.93. The Morgan fingerprint density at radius 2 is 2.05 bits per heavy atom. The van der Waals surface area contributed by atoms with Crippen molar-refractivity contribution >= 4 is 17.7 Å². The van der Waals surface area contributed by atoms with Crippen LogP contribution in [-0.4, -0.2) is 32.5 Å². The van der Waals surface area contributed by atoms with E-state index in [1.807, 2.05) is 31.2 Å². The second kappa shape index (κ2) is 6.06. The zero-order valence-corrected chi connectivity index (χ0v) is 12.8. The molecular formula is C13H14N6O2S. The standard InChI is InChI=1S/C13H14N6O2S/c1-7(22-13-15-12(14)18-19-13)10-16-17-11(21-10)8-3-5-9(20-2)6-4-8/h3-7H,1-2H3,(H3,14,15,18,19)/t7-/m0/s1. The molecule has 1 atom stereocenters. The van der Waals surface area contributed by atoms with Crippen LogP contribution in [0.4, 0.5) is 5.95 Å². The minimum atomic E-state index is -0.0882. The van der Waals surface area contributed by atoms with Gasteiger partial charge >= 0.3 is 0 Å². The van der Waals surface area contributed by atoms with E-state index in [0.29, 0.717) is 16.9 Å². The summed E-state index contributed by atoms with van der Waals surface area (Å²) in [5.74, 6) is 2.01. The first kappa shape index (κ1) is 14.4. The fourth-order valence-corrected chi connectivity index (χ4v) is 2.53. The molecule has 3 aromatic rings. The van der Waals surface area contributed by atoms with Crippen molar-refractivity contribution in [3.05, 3.63) is 30.2 Å². The lowest BCUT2D eigenvalue weighted by atomic mass is 10.2. The van der Waals surface area contributed by atoms with Crippen LogP contribution >= 0.6 is 11.8 Å². The van der Waals surface area contributed by atoms with Gasteiger partial charge in [-0.05, 0) is 31.2 Å². The minimum absolute atomic E-state index is 0.0882. The monoisotopic (exact) mass is 318 g/mol. The van der Waals surface area contributed by atoms with Crippen LogP contribution in [0.5, 0.6) is 5.75 Å². The number of aromatic amines is 1. The first-order chi connectivity index (χ1) is 10.7. The van der Waals surface area contributed by atoms with Gasteiger partial charge in [0.05, 0.1) is 12.4 Å². The van der Waals surface area contributed by atoms with E-state index >= 15 is 0 Å². The number of nitrogens with one attached hydrogen (secondary N) is 1. The SMILES string of the molecule is COc1ccc(-c2nnc([C@H](C)Sc3n[nH]c(N)n3)o2)cc1. The van der Waals surface area contributed by atoms with Gasteiger partial charge in [-0.15, -0.1) is 15.3 Å². The van der Waals surface area contributed by atoms with Gasteiger partial charge in [-0.3, -0.25) is 0 Å². The Balaban J connectivity index is 1.74. The smallest absolute Gasteiger partial charge is 0.247 e. The molecule has 0 radical (unpaired) electrons. The van der Waals surface area contributed by atoms with E-state index in [0.717, 1.165) is 11.3 Å². The molecule has 2 aromatic heterocycles. The van der Waals surface area contributed by atoms with Crippen molar-refractivity contribution in [1.82, 2.24) is 25.4 Å². The molecule has 0 aliphatic rings. The van der Waals surface area contributed by atoms with E-state index in [4.69, 9.17) is 14.9 Å². The Labute approximate surface area is 130 Å². The lowest BCUT2D eigenvalue weighted by molar-refractivity contribution is 0.415. The molecule has 2 heterocycles. The van der Waals surface area contributed by atoms with Crippen LogP contribution in [0.15, 0.2) is 33.8 Å². The largest absolute Gasteiger partial charge is 0.497 e. The molecule has 1 aromatic carbocycles. The van der Waals surface area contributed by atoms with E-state index in [-0.39, 0.29) is 11.2 Å². The van der Waals surface area contributed by atoms with Crippen molar-refractivity contribution in [2.75, 3.05) is 12.8 Å². The van der Waals surface area contributed by atoms with Crippen LogP contribution in [-0.2, 0) is 0 Å². The highest BCUT2D eigenvalue weighted by atomic mass is 32.2. The molecule has 8 nitrogen and oxygen atoms in total. The number of anilines is 1. The van der Waals surface area contributed by atoms with Gasteiger partial charge in [-0.2, -0.15) is 4.98 Å². The third kappa shape index (κ3) is 3.03. The van der Waals surface area contributed by atoms with Crippen LogP contribution < -0.4 is 10.5 Å².